The number of aliphatic hydroxyl groups is 1. The molecule has 1 fully saturated rings. The molecule has 1 N–H and O–H groups in total. The standard InChI is InChI=1S/C17H24O2/c1-19-16-12-7-5-3-2-4-6-9-13-17(18)14-10-8-11-15-17/h2-7,9,12-13,16,18H,8,10-11,14-15H2,1H3/b3-2+,6-4+,7-5+,13-9+,16-12+. The molecule has 0 spiro atoms. The minimum absolute atomic E-state index is 0.572. The van der Waals surface area contributed by atoms with Gasteiger partial charge in [0.15, 0.2) is 0 Å². The van der Waals surface area contributed by atoms with E-state index in [0.29, 0.717) is 0 Å². The fraction of sp³-hybridized carbons (Fsp3) is 0.412. The zero-order valence-corrected chi connectivity index (χ0v) is 11.7. The predicted octanol–water partition coefficient (Wildman–Crippen LogP) is 4.07. The first-order valence-electron chi connectivity index (χ1n) is 6.86. The lowest BCUT2D eigenvalue weighted by Crippen LogP contribution is -2.28. The summed E-state index contributed by atoms with van der Waals surface area (Å²) in [4.78, 5) is 0. The van der Waals surface area contributed by atoms with E-state index in [-0.39, 0.29) is 0 Å². The Labute approximate surface area is 116 Å². The highest BCUT2D eigenvalue weighted by Crippen LogP contribution is 2.28. The minimum atomic E-state index is -0.572. The van der Waals surface area contributed by atoms with Gasteiger partial charge in [-0.05, 0) is 18.9 Å². The van der Waals surface area contributed by atoms with E-state index < -0.39 is 5.60 Å². The fourth-order valence-corrected chi connectivity index (χ4v) is 2.07. The van der Waals surface area contributed by atoms with Gasteiger partial charge in [0.05, 0.1) is 19.0 Å². The lowest BCUT2D eigenvalue weighted by molar-refractivity contribution is 0.0513. The highest BCUT2D eigenvalue weighted by molar-refractivity contribution is 5.19. The average molecular weight is 260 g/mol. The number of ether oxygens (including phenoxy) is 1. The number of hydrogen-bond donors (Lipinski definition) is 1. The van der Waals surface area contributed by atoms with Gasteiger partial charge in [-0.1, -0.05) is 67.9 Å². The molecular weight excluding hydrogens is 236 g/mol. The van der Waals surface area contributed by atoms with Gasteiger partial charge in [-0.3, -0.25) is 0 Å². The lowest BCUT2D eigenvalue weighted by Gasteiger charge is -2.28. The summed E-state index contributed by atoms with van der Waals surface area (Å²) in [7, 11) is 1.62. The van der Waals surface area contributed by atoms with Crippen LogP contribution in [-0.4, -0.2) is 17.8 Å². The molecule has 0 amide bonds. The number of allylic oxidation sites excluding steroid dienone is 8. The van der Waals surface area contributed by atoms with Crippen molar-refractivity contribution in [2.24, 2.45) is 0 Å². The van der Waals surface area contributed by atoms with Crippen molar-refractivity contribution in [3.05, 3.63) is 60.9 Å². The van der Waals surface area contributed by atoms with Crippen LogP contribution in [0.3, 0.4) is 0 Å². The van der Waals surface area contributed by atoms with Crippen LogP contribution in [0.1, 0.15) is 32.1 Å². The van der Waals surface area contributed by atoms with Gasteiger partial charge in [-0.2, -0.15) is 0 Å². The molecular formula is C17H24O2. The first-order valence-corrected chi connectivity index (χ1v) is 6.86. The summed E-state index contributed by atoms with van der Waals surface area (Å²) in [5.41, 5.74) is -0.572. The monoisotopic (exact) mass is 260 g/mol. The summed E-state index contributed by atoms with van der Waals surface area (Å²) in [5.74, 6) is 0. The molecule has 0 aromatic heterocycles. The zero-order valence-electron chi connectivity index (χ0n) is 11.7. The van der Waals surface area contributed by atoms with E-state index in [9.17, 15) is 5.11 Å². The second kappa shape index (κ2) is 9.40. The number of hydrogen-bond acceptors (Lipinski definition) is 2. The van der Waals surface area contributed by atoms with Crippen molar-refractivity contribution >= 4 is 0 Å². The summed E-state index contributed by atoms with van der Waals surface area (Å²) in [6, 6.07) is 0. The second-order valence-electron chi connectivity index (χ2n) is 4.74. The molecule has 19 heavy (non-hydrogen) atoms. The van der Waals surface area contributed by atoms with Crippen LogP contribution in [-0.2, 0) is 4.74 Å². The predicted molar refractivity (Wildman–Crippen MR) is 80.7 cm³/mol. The van der Waals surface area contributed by atoms with Crippen LogP contribution < -0.4 is 0 Å². The van der Waals surface area contributed by atoms with E-state index in [1.165, 1.54) is 6.42 Å². The summed E-state index contributed by atoms with van der Waals surface area (Å²) in [5, 5.41) is 10.2. The summed E-state index contributed by atoms with van der Waals surface area (Å²) < 4.78 is 4.77. The van der Waals surface area contributed by atoms with E-state index >= 15 is 0 Å². The number of methoxy groups -OCH3 is 1. The van der Waals surface area contributed by atoms with Crippen LogP contribution in [0.15, 0.2) is 60.9 Å². The minimum Gasteiger partial charge on any atom is -0.504 e. The Balaban J connectivity index is 2.27. The van der Waals surface area contributed by atoms with Crippen LogP contribution in [0.25, 0.3) is 0 Å². The molecule has 0 aromatic carbocycles. The molecule has 0 radical (unpaired) electrons. The van der Waals surface area contributed by atoms with E-state index in [2.05, 4.69) is 0 Å². The third-order valence-electron chi connectivity index (χ3n) is 3.12. The van der Waals surface area contributed by atoms with Crippen molar-refractivity contribution in [2.75, 3.05) is 7.11 Å². The Morgan fingerprint density at radius 3 is 1.89 bits per heavy atom. The quantitative estimate of drug-likeness (QED) is 0.576. The lowest BCUT2D eigenvalue weighted by atomic mass is 9.85. The molecule has 0 atom stereocenters. The Bertz CT molecular complexity index is 367. The Hall–Kier alpha value is -1.54. The van der Waals surface area contributed by atoms with Crippen LogP contribution in [0.5, 0.6) is 0 Å². The smallest absolute Gasteiger partial charge is 0.0830 e. The zero-order chi connectivity index (χ0) is 13.8. The van der Waals surface area contributed by atoms with Crippen molar-refractivity contribution in [1.82, 2.24) is 0 Å². The SMILES string of the molecule is CO/C=C/C=C/C=C/C=C/C=C/C1(O)CCCCC1. The van der Waals surface area contributed by atoms with Crippen molar-refractivity contribution in [3.63, 3.8) is 0 Å². The van der Waals surface area contributed by atoms with Crippen molar-refractivity contribution < 1.29 is 9.84 Å². The van der Waals surface area contributed by atoms with E-state index in [1.54, 1.807) is 13.4 Å². The molecule has 1 aliphatic rings. The first-order chi connectivity index (χ1) is 9.27. The maximum Gasteiger partial charge on any atom is 0.0830 e. The highest BCUT2D eigenvalue weighted by atomic mass is 16.5. The topological polar surface area (TPSA) is 29.5 Å². The Morgan fingerprint density at radius 2 is 1.32 bits per heavy atom. The van der Waals surface area contributed by atoms with Crippen LogP contribution in [0, 0.1) is 0 Å². The van der Waals surface area contributed by atoms with E-state index in [4.69, 9.17) is 4.74 Å². The third kappa shape index (κ3) is 7.47. The Morgan fingerprint density at radius 1 is 0.789 bits per heavy atom. The van der Waals surface area contributed by atoms with Gasteiger partial charge >= 0.3 is 0 Å². The summed E-state index contributed by atoms with van der Waals surface area (Å²) in [6.07, 6.45) is 24.2. The van der Waals surface area contributed by atoms with Gasteiger partial charge in [-0.25, -0.2) is 0 Å². The highest BCUT2D eigenvalue weighted by Gasteiger charge is 2.25. The van der Waals surface area contributed by atoms with Gasteiger partial charge in [-0.15, -0.1) is 0 Å². The fourth-order valence-electron chi connectivity index (χ4n) is 2.07. The molecule has 1 aliphatic carbocycles. The van der Waals surface area contributed by atoms with Crippen LogP contribution in [0.2, 0.25) is 0 Å². The Kier molecular flexibility index (Phi) is 7.68. The molecule has 2 heteroatoms. The van der Waals surface area contributed by atoms with Crippen LogP contribution >= 0.6 is 0 Å². The van der Waals surface area contributed by atoms with Gasteiger partial charge < -0.3 is 9.84 Å². The van der Waals surface area contributed by atoms with E-state index in [0.717, 1.165) is 25.7 Å². The normalized spacial score (nSPS) is 20.5. The molecule has 0 aliphatic heterocycles. The van der Waals surface area contributed by atoms with E-state index in [1.807, 2.05) is 54.7 Å². The molecule has 0 unspecified atom stereocenters. The molecule has 0 saturated heterocycles. The van der Waals surface area contributed by atoms with Gasteiger partial charge in [0.1, 0.15) is 0 Å². The number of rotatable bonds is 6. The van der Waals surface area contributed by atoms with Crippen molar-refractivity contribution in [2.45, 2.75) is 37.7 Å². The van der Waals surface area contributed by atoms with Crippen LogP contribution in [0.4, 0.5) is 0 Å². The molecule has 1 rings (SSSR count). The summed E-state index contributed by atoms with van der Waals surface area (Å²) >= 11 is 0. The maximum absolute atomic E-state index is 10.2. The molecule has 1 saturated carbocycles. The molecule has 104 valence electrons. The first kappa shape index (κ1) is 15.5. The summed E-state index contributed by atoms with van der Waals surface area (Å²) in [6.45, 7) is 0. The van der Waals surface area contributed by atoms with Crippen molar-refractivity contribution in [1.29, 1.82) is 0 Å². The van der Waals surface area contributed by atoms with Crippen molar-refractivity contribution in [3.8, 4) is 0 Å². The molecule has 0 heterocycles. The molecule has 0 bridgehead atoms. The van der Waals surface area contributed by atoms with Gasteiger partial charge in [0.25, 0.3) is 0 Å². The van der Waals surface area contributed by atoms with Gasteiger partial charge in [0.2, 0.25) is 0 Å². The second-order valence-corrected chi connectivity index (χ2v) is 4.74. The van der Waals surface area contributed by atoms with Gasteiger partial charge in [0, 0.05) is 0 Å². The largest absolute Gasteiger partial charge is 0.504 e. The molecule has 2 nitrogen and oxygen atoms in total. The average Bonchev–Trinajstić information content (AvgIpc) is 2.42. The maximum atomic E-state index is 10.2. The molecule has 0 aromatic rings. The third-order valence-corrected chi connectivity index (χ3v) is 3.12.